The molecule has 0 radical (unpaired) electrons. The van der Waals surface area contributed by atoms with Crippen LogP contribution in [-0.2, 0) is 14.8 Å². The van der Waals surface area contributed by atoms with Crippen LogP contribution in [0.5, 0.6) is 5.75 Å². The zero-order valence-electron chi connectivity index (χ0n) is 11.9. The van der Waals surface area contributed by atoms with E-state index < -0.39 is 16.0 Å². The highest BCUT2D eigenvalue weighted by molar-refractivity contribution is 7.92. The summed E-state index contributed by atoms with van der Waals surface area (Å²) >= 11 is 0. The number of anilines is 1. The molecule has 0 aliphatic carbocycles. The zero-order valence-corrected chi connectivity index (χ0v) is 12.8. The van der Waals surface area contributed by atoms with Crippen molar-refractivity contribution in [1.29, 1.82) is 0 Å². The quantitative estimate of drug-likeness (QED) is 0.523. The molecular formula is C16H15NO4S. The van der Waals surface area contributed by atoms with Gasteiger partial charge in [-0.05, 0) is 31.2 Å². The second-order valence-electron chi connectivity index (χ2n) is 4.59. The van der Waals surface area contributed by atoms with Crippen molar-refractivity contribution in [2.75, 3.05) is 4.72 Å². The van der Waals surface area contributed by atoms with E-state index in [1.54, 1.807) is 42.5 Å². The molecule has 0 heterocycles. The lowest BCUT2D eigenvalue weighted by molar-refractivity contribution is -0.130. The summed E-state index contributed by atoms with van der Waals surface area (Å²) in [6.07, 6.45) is 0. The summed E-state index contributed by atoms with van der Waals surface area (Å²) < 4.78 is 32.4. The second-order valence-corrected chi connectivity index (χ2v) is 6.24. The maximum Gasteiger partial charge on any atom is 0.338 e. The first-order valence-electron chi connectivity index (χ1n) is 6.45. The molecule has 0 amide bonds. The Morgan fingerprint density at radius 3 is 2.27 bits per heavy atom. The van der Waals surface area contributed by atoms with Crippen molar-refractivity contribution < 1.29 is 17.9 Å². The zero-order chi connectivity index (χ0) is 16.2. The van der Waals surface area contributed by atoms with Crippen molar-refractivity contribution in [3.63, 3.8) is 0 Å². The maximum absolute atomic E-state index is 12.4. The Labute approximate surface area is 129 Å². The average Bonchev–Trinajstić information content (AvgIpc) is 2.48. The van der Waals surface area contributed by atoms with E-state index in [9.17, 15) is 13.2 Å². The predicted octanol–water partition coefficient (Wildman–Crippen LogP) is 2.97. The monoisotopic (exact) mass is 317 g/mol. The molecule has 6 heteroatoms. The topological polar surface area (TPSA) is 72.5 Å². The van der Waals surface area contributed by atoms with Crippen LogP contribution in [0.15, 0.2) is 71.6 Å². The Balaban J connectivity index is 2.35. The van der Waals surface area contributed by atoms with Crippen LogP contribution in [0.3, 0.4) is 0 Å². The minimum atomic E-state index is -3.87. The number of carbonyl (C=O) groups excluding carboxylic acids is 1. The highest BCUT2D eigenvalue weighted by Gasteiger charge is 2.21. The van der Waals surface area contributed by atoms with Crippen LogP contribution in [0.2, 0.25) is 0 Å². The van der Waals surface area contributed by atoms with Crippen molar-refractivity contribution in [2.45, 2.75) is 11.8 Å². The number of ether oxygens (including phenoxy) is 1. The van der Waals surface area contributed by atoms with E-state index in [0.29, 0.717) is 5.69 Å². The van der Waals surface area contributed by atoms with Crippen molar-refractivity contribution in [3.05, 3.63) is 66.7 Å². The summed E-state index contributed by atoms with van der Waals surface area (Å²) in [5, 5.41) is 0. The molecule has 0 bridgehead atoms. The van der Waals surface area contributed by atoms with Gasteiger partial charge in [0.15, 0.2) is 5.75 Å². The molecule has 0 saturated heterocycles. The number of carbonyl (C=O) groups is 1. The largest absolute Gasteiger partial charge is 0.422 e. The summed E-state index contributed by atoms with van der Waals surface area (Å²) in [6.45, 7) is 4.96. The third kappa shape index (κ3) is 3.73. The minimum absolute atomic E-state index is 0.0427. The van der Waals surface area contributed by atoms with Gasteiger partial charge >= 0.3 is 5.97 Å². The molecule has 22 heavy (non-hydrogen) atoms. The molecule has 2 aromatic rings. The van der Waals surface area contributed by atoms with E-state index in [4.69, 9.17) is 4.74 Å². The van der Waals surface area contributed by atoms with E-state index in [-0.39, 0.29) is 16.2 Å². The van der Waals surface area contributed by atoms with Gasteiger partial charge in [-0.1, -0.05) is 36.9 Å². The Kier molecular flexibility index (Phi) is 4.62. The van der Waals surface area contributed by atoms with Gasteiger partial charge in [0.05, 0.1) is 0 Å². The first-order valence-corrected chi connectivity index (χ1v) is 7.93. The highest BCUT2D eigenvalue weighted by atomic mass is 32.2. The molecule has 0 aliphatic rings. The summed E-state index contributed by atoms with van der Waals surface area (Å²) in [5.41, 5.74) is 0.603. The van der Waals surface area contributed by atoms with Crippen LogP contribution < -0.4 is 9.46 Å². The second kappa shape index (κ2) is 6.44. The number of sulfonamides is 1. The Hall–Kier alpha value is -2.60. The predicted molar refractivity (Wildman–Crippen MR) is 84.1 cm³/mol. The molecule has 0 spiro atoms. The molecule has 114 valence electrons. The third-order valence-electron chi connectivity index (χ3n) is 2.72. The molecule has 0 aliphatic heterocycles. The number of hydrogen-bond acceptors (Lipinski definition) is 4. The summed E-state index contributed by atoms with van der Waals surface area (Å²) in [6, 6.07) is 14.4. The number of rotatable bonds is 5. The first-order chi connectivity index (χ1) is 10.4. The molecule has 0 fully saturated rings. The third-order valence-corrected chi connectivity index (χ3v) is 4.14. The fourth-order valence-electron chi connectivity index (χ4n) is 1.66. The molecule has 0 saturated carbocycles. The Morgan fingerprint density at radius 2 is 1.64 bits per heavy atom. The molecule has 1 N–H and O–H groups in total. The van der Waals surface area contributed by atoms with Gasteiger partial charge in [0.2, 0.25) is 0 Å². The molecular weight excluding hydrogens is 302 g/mol. The van der Waals surface area contributed by atoms with Crippen LogP contribution >= 0.6 is 0 Å². The van der Waals surface area contributed by atoms with Gasteiger partial charge in [-0.15, -0.1) is 0 Å². The van der Waals surface area contributed by atoms with Gasteiger partial charge in [-0.2, -0.15) is 0 Å². The molecule has 5 nitrogen and oxygen atoms in total. The van der Waals surface area contributed by atoms with Gasteiger partial charge in [0, 0.05) is 11.3 Å². The van der Waals surface area contributed by atoms with Crippen LogP contribution in [0, 0.1) is 0 Å². The Bertz CT molecular complexity index is 798. The van der Waals surface area contributed by atoms with E-state index in [1.807, 2.05) is 0 Å². The number of nitrogens with one attached hydrogen (secondary N) is 1. The standard InChI is InChI=1S/C16H15NO4S/c1-12(2)16(18)21-14-10-6-7-11-15(14)22(19,20)17-13-8-4-3-5-9-13/h3-11,17H,1H2,2H3. The normalized spacial score (nSPS) is 10.8. The van der Waals surface area contributed by atoms with Crippen molar-refractivity contribution in [2.24, 2.45) is 0 Å². The lowest BCUT2D eigenvalue weighted by Crippen LogP contribution is -2.16. The lowest BCUT2D eigenvalue weighted by Gasteiger charge is -2.12. The summed E-state index contributed by atoms with van der Waals surface area (Å²) in [5.74, 6) is -0.721. The fourth-order valence-corrected chi connectivity index (χ4v) is 2.85. The summed E-state index contributed by atoms with van der Waals surface area (Å²) in [4.78, 5) is 11.5. The fraction of sp³-hybridized carbons (Fsp3) is 0.0625. The van der Waals surface area contributed by atoms with Gasteiger partial charge in [-0.25, -0.2) is 13.2 Å². The highest BCUT2D eigenvalue weighted by Crippen LogP contribution is 2.26. The van der Waals surface area contributed by atoms with Gasteiger partial charge < -0.3 is 4.74 Å². The number of hydrogen-bond donors (Lipinski definition) is 1. The van der Waals surface area contributed by atoms with Gasteiger partial charge in [0.1, 0.15) is 4.90 Å². The van der Waals surface area contributed by atoms with Gasteiger partial charge in [-0.3, -0.25) is 4.72 Å². The number of para-hydroxylation sites is 2. The van der Waals surface area contributed by atoms with Crippen molar-refractivity contribution in [3.8, 4) is 5.75 Å². The number of benzene rings is 2. The average molecular weight is 317 g/mol. The maximum atomic E-state index is 12.4. The Morgan fingerprint density at radius 1 is 1.05 bits per heavy atom. The van der Waals surface area contributed by atoms with Crippen LogP contribution in [0.4, 0.5) is 5.69 Å². The molecule has 0 aromatic heterocycles. The van der Waals surface area contributed by atoms with E-state index >= 15 is 0 Å². The van der Waals surface area contributed by atoms with Crippen molar-refractivity contribution >= 4 is 21.7 Å². The molecule has 0 atom stereocenters. The minimum Gasteiger partial charge on any atom is -0.422 e. The van der Waals surface area contributed by atoms with Gasteiger partial charge in [0.25, 0.3) is 10.0 Å². The van der Waals surface area contributed by atoms with E-state index in [1.165, 1.54) is 19.1 Å². The molecule has 2 aromatic carbocycles. The van der Waals surface area contributed by atoms with Crippen molar-refractivity contribution in [1.82, 2.24) is 0 Å². The van der Waals surface area contributed by atoms with Crippen LogP contribution in [-0.4, -0.2) is 14.4 Å². The summed E-state index contributed by atoms with van der Waals surface area (Å²) in [7, 11) is -3.87. The molecule has 0 unspecified atom stereocenters. The number of esters is 1. The molecule has 2 rings (SSSR count). The van der Waals surface area contributed by atoms with Crippen LogP contribution in [0.1, 0.15) is 6.92 Å². The van der Waals surface area contributed by atoms with E-state index in [0.717, 1.165) is 0 Å². The van der Waals surface area contributed by atoms with Crippen LogP contribution in [0.25, 0.3) is 0 Å². The SMILES string of the molecule is C=C(C)C(=O)Oc1ccccc1S(=O)(=O)Nc1ccccc1. The first kappa shape index (κ1) is 15.8. The van der Waals surface area contributed by atoms with E-state index in [2.05, 4.69) is 11.3 Å². The lowest BCUT2D eigenvalue weighted by atomic mass is 10.3. The smallest absolute Gasteiger partial charge is 0.338 e.